The second-order valence-corrected chi connectivity index (χ2v) is 5.36. The first-order chi connectivity index (χ1) is 10.1. The van der Waals surface area contributed by atoms with Gasteiger partial charge in [0.2, 0.25) is 11.2 Å². The molecule has 3 rings (SSSR count). The highest BCUT2D eigenvalue weighted by Crippen LogP contribution is 2.33. The first-order valence-corrected chi connectivity index (χ1v) is 6.99. The molecule has 0 bridgehead atoms. The van der Waals surface area contributed by atoms with Gasteiger partial charge in [-0.2, -0.15) is 0 Å². The standard InChI is InChI=1S/C15H11BrN2O3/c16-11-6-8(7-17)5-10-12(19)13(20)14(21-15(10)11)9-1-3-18-4-2-9/h1-6,20H,7,17H2. The number of nitrogens with zero attached hydrogens (tertiary/aromatic N) is 1. The molecule has 21 heavy (non-hydrogen) atoms. The number of aromatic nitrogens is 1. The zero-order chi connectivity index (χ0) is 15.0. The predicted molar refractivity (Wildman–Crippen MR) is 83.0 cm³/mol. The summed E-state index contributed by atoms with van der Waals surface area (Å²) in [6, 6.07) is 6.73. The van der Waals surface area contributed by atoms with Gasteiger partial charge in [-0.1, -0.05) is 0 Å². The van der Waals surface area contributed by atoms with Gasteiger partial charge >= 0.3 is 0 Å². The summed E-state index contributed by atoms with van der Waals surface area (Å²) in [7, 11) is 0. The first kappa shape index (κ1) is 13.8. The monoisotopic (exact) mass is 346 g/mol. The van der Waals surface area contributed by atoms with Crippen molar-refractivity contribution in [1.82, 2.24) is 4.98 Å². The molecule has 106 valence electrons. The molecular weight excluding hydrogens is 336 g/mol. The number of fused-ring (bicyclic) bond motifs is 1. The maximum atomic E-state index is 12.4. The Morgan fingerprint density at radius 1 is 1.29 bits per heavy atom. The van der Waals surface area contributed by atoms with Crippen molar-refractivity contribution in [3.63, 3.8) is 0 Å². The molecule has 0 unspecified atom stereocenters. The minimum Gasteiger partial charge on any atom is -0.502 e. The van der Waals surface area contributed by atoms with Gasteiger partial charge in [-0.05, 0) is 45.8 Å². The molecule has 0 amide bonds. The van der Waals surface area contributed by atoms with Gasteiger partial charge in [-0.15, -0.1) is 0 Å². The van der Waals surface area contributed by atoms with E-state index in [1.165, 1.54) is 0 Å². The van der Waals surface area contributed by atoms with Crippen LogP contribution in [0.5, 0.6) is 5.75 Å². The van der Waals surface area contributed by atoms with Crippen LogP contribution in [-0.4, -0.2) is 10.1 Å². The van der Waals surface area contributed by atoms with Crippen molar-refractivity contribution in [1.29, 1.82) is 0 Å². The molecule has 6 heteroatoms. The molecule has 0 radical (unpaired) electrons. The highest BCUT2D eigenvalue weighted by atomic mass is 79.9. The van der Waals surface area contributed by atoms with Gasteiger partial charge in [-0.3, -0.25) is 9.78 Å². The van der Waals surface area contributed by atoms with Crippen molar-refractivity contribution in [2.24, 2.45) is 5.73 Å². The Hall–Kier alpha value is -2.18. The van der Waals surface area contributed by atoms with Crippen molar-refractivity contribution in [3.05, 3.63) is 56.9 Å². The average molecular weight is 347 g/mol. The van der Waals surface area contributed by atoms with E-state index in [-0.39, 0.29) is 5.76 Å². The van der Waals surface area contributed by atoms with Gasteiger partial charge in [0.25, 0.3) is 0 Å². The molecule has 0 aliphatic heterocycles. The Labute approximate surface area is 128 Å². The summed E-state index contributed by atoms with van der Waals surface area (Å²) >= 11 is 3.37. The molecule has 0 fully saturated rings. The van der Waals surface area contributed by atoms with Crippen LogP contribution >= 0.6 is 15.9 Å². The van der Waals surface area contributed by atoms with Crippen LogP contribution in [0.25, 0.3) is 22.3 Å². The smallest absolute Gasteiger partial charge is 0.235 e. The Bertz CT molecular complexity index is 875. The van der Waals surface area contributed by atoms with Crippen LogP contribution in [0.1, 0.15) is 5.56 Å². The predicted octanol–water partition coefficient (Wildman–Crippen LogP) is 2.78. The van der Waals surface area contributed by atoms with E-state index in [1.807, 2.05) is 0 Å². The summed E-state index contributed by atoms with van der Waals surface area (Å²) in [4.78, 5) is 16.3. The lowest BCUT2D eigenvalue weighted by molar-refractivity contribution is 0.449. The topological polar surface area (TPSA) is 89.3 Å². The van der Waals surface area contributed by atoms with Gasteiger partial charge in [0.05, 0.1) is 9.86 Å². The van der Waals surface area contributed by atoms with Gasteiger partial charge in [0, 0.05) is 24.5 Å². The number of halogens is 1. The minimum atomic E-state index is -0.487. The van der Waals surface area contributed by atoms with Crippen LogP contribution in [-0.2, 0) is 6.54 Å². The molecule has 0 saturated heterocycles. The van der Waals surface area contributed by atoms with Crippen molar-refractivity contribution < 1.29 is 9.52 Å². The summed E-state index contributed by atoms with van der Waals surface area (Å²) in [5.41, 5.74) is 6.84. The molecule has 0 atom stereocenters. The van der Waals surface area contributed by atoms with Crippen LogP contribution in [0.2, 0.25) is 0 Å². The molecule has 5 nitrogen and oxygen atoms in total. The van der Waals surface area contributed by atoms with Gasteiger partial charge in [0.1, 0.15) is 0 Å². The van der Waals surface area contributed by atoms with E-state index in [0.717, 1.165) is 5.56 Å². The summed E-state index contributed by atoms with van der Waals surface area (Å²) in [5.74, 6) is -0.300. The van der Waals surface area contributed by atoms with E-state index >= 15 is 0 Å². The van der Waals surface area contributed by atoms with E-state index in [1.54, 1.807) is 36.7 Å². The Kier molecular flexibility index (Phi) is 3.48. The molecular formula is C15H11BrN2O3. The fraction of sp³-hybridized carbons (Fsp3) is 0.0667. The largest absolute Gasteiger partial charge is 0.502 e. The maximum Gasteiger partial charge on any atom is 0.235 e. The third-order valence-electron chi connectivity index (χ3n) is 3.16. The lowest BCUT2D eigenvalue weighted by atomic mass is 10.1. The number of hydrogen-bond donors (Lipinski definition) is 2. The Morgan fingerprint density at radius 3 is 2.67 bits per heavy atom. The Morgan fingerprint density at radius 2 is 2.00 bits per heavy atom. The maximum absolute atomic E-state index is 12.4. The zero-order valence-electron chi connectivity index (χ0n) is 10.8. The normalized spacial score (nSPS) is 11.0. The van der Waals surface area contributed by atoms with Crippen LogP contribution < -0.4 is 11.2 Å². The third-order valence-corrected chi connectivity index (χ3v) is 3.75. The Balaban J connectivity index is 2.38. The summed E-state index contributed by atoms with van der Waals surface area (Å²) in [5, 5.41) is 10.4. The fourth-order valence-electron chi connectivity index (χ4n) is 2.12. The first-order valence-electron chi connectivity index (χ1n) is 6.20. The van der Waals surface area contributed by atoms with Crippen LogP contribution in [0.15, 0.2) is 50.3 Å². The van der Waals surface area contributed by atoms with Crippen molar-refractivity contribution in [2.45, 2.75) is 6.54 Å². The lowest BCUT2D eigenvalue weighted by Gasteiger charge is -2.08. The molecule has 3 aromatic rings. The van der Waals surface area contributed by atoms with E-state index in [4.69, 9.17) is 10.2 Å². The van der Waals surface area contributed by atoms with Crippen LogP contribution in [0.4, 0.5) is 0 Å². The second kappa shape index (κ2) is 5.31. The number of rotatable bonds is 2. The molecule has 2 heterocycles. The quantitative estimate of drug-likeness (QED) is 0.744. The average Bonchev–Trinajstić information content (AvgIpc) is 2.51. The molecule has 1 aromatic carbocycles. The van der Waals surface area contributed by atoms with E-state index < -0.39 is 11.2 Å². The van der Waals surface area contributed by atoms with Gasteiger partial charge in [-0.25, -0.2) is 0 Å². The van der Waals surface area contributed by atoms with Gasteiger partial charge in [0.15, 0.2) is 11.3 Å². The van der Waals surface area contributed by atoms with Crippen LogP contribution in [0.3, 0.4) is 0 Å². The number of hydrogen-bond acceptors (Lipinski definition) is 5. The van der Waals surface area contributed by atoms with Gasteiger partial charge < -0.3 is 15.3 Å². The molecule has 0 spiro atoms. The third kappa shape index (κ3) is 2.32. The number of nitrogens with two attached hydrogens (primary N) is 1. The zero-order valence-corrected chi connectivity index (χ0v) is 12.4. The van der Waals surface area contributed by atoms with E-state index in [9.17, 15) is 9.90 Å². The minimum absolute atomic E-state index is 0.121. The molecule has 0 saturated carbocycles. The van der Waals surface area contributed by atoms with E-state index in [2.05, 4.69) is 20.9 Å². The number of pyridine rings is 1. The second-order valence-electron chi connectivity index (χ2n) is 4.50. The highest BCUT2D eigenvalue weighted by Gasteiger charge is 2.17. The SMILES string of the molecule is NCc1cc(Br)c2oc(-c3ccncc3)c(O)c(=O)c2c1. The highest BCUT2D eigenvalue weighted by molar-refractivity contribution is 9.10. The summed E-state index contributed by atoms with van der Waals surface area (Å²) in [6.45, 7) is 0.293. The van der Waals surface area contributed by atoms with Crippen molar-refractivity contribution in [2.75, 3.05) is 0 Å². The van der Waals surface area contributed by atoms with Crippen molar-refractivity contribution >= 4 is 26.9 Å². The number of aromatic hydroxyl groups is 1. The lowest BCUT2D eigenvalue weighted by Crippen LogP contribution is -2.05. The van der Waals surface area contributed by atoms with Crippen LogP contribution in [0, 0.1) is 0 Å². The molecule has 3 N–H and O–H groups in total. The summed E-state index contributed by atoms with van der Waals surface area (Å²) in [6.07, 6.45) is 3.12. The summed E-state index contributed by atoms with van der Waals surface area (Å²) < 4.78 is 6.34. The molecule has 0 aliphatic rings. The molecule has 0 aliphatic carbocycles. The van der Waals surface area contributed by atoms with E-state index in [0.29, 0.717) is 27.6 Å². The number of benzene rings is 1. The molecule has 2 aromatic heterocycles. The fourth-order valence-corrected chi connectivity index (χ4v) is 2.71. The van der Waals surface area contributed by atoms with Crippen molar-refractivity contribution in [3.8, 4) is 17.1 Å².